The molecule has 1 N–H and O–H groups in total. The Morgan fingerprint density at radius 3 is 2.61 bits per heavy atom. The van der Waals surface area contributed by atoms with Crippen LogP contribution in [0.25, 0.3) is 0 Å². The summed E-state index contributed by atoms with van der Waals surface area (Å²) < 4.78 is 0. The molecule has 0 spiro atoms. The van der Waals surface area contributed by atoms with Crippen LogP contribution < -0.4 is 5.43 Å². The Morgan fingerprint density at radius 1 is 1.22 bits per heavy atom. The Balaban J connectivity index is 2.22. The van der Waals surface area contributed by atoms with E-state index in [-0.39, 0.29) is 5.41 Å². The summed E-state index contributed by atoms with van der Waals surface area (Å²) in [4.78, 5) is 4.86. The molecule has 3 heteroatoms. The average molecular weight is 313 g/mol. The largest absolute Gasteiger partial charge is 0.270 e. The molecule has 0 amide bonds. The summed E-state index contributed by atoms with van der Waals surface area (Å²) in [7, 11) is 0. The maximum absolute atomic E-state index is 4.86. The van der Waals surface area contributed by atoms with Crippen molar-refractivity contribution < 1.29 is 0 Å². The maximum Gasteiger partial charge on any atom is 0.127 e. The van der Waals surface area contributed by atoms with E-state index >= 15 is 0 Å². The monoisotopic (exact) mass is 313 g/mol. The fourth-order valence-electron chi connectivity index (χ4n) is 3.26. The quantitative estimate of drug-likeness (QED) is 0.312. The second kappa shape index (κ2) is 8.85. The van der Waals surface area contributed by atoms with Crippen LogP contribution in [0, 0.1) is 6.92 Å². The Morgan fingerprint density at radius 2 is 2.00 bits per heavy atom. The topological polar surface area (TPSA) is 36.8 Å². The third-order valence-electron chi connectivity index (χ3n) is 4.76. The lowest BCUT2D eigenvalue weighted by atomic mass is 9.62. The highest BCUT2D eigenvalue weighted by atomic mass is 15.3. The molecule has 126 valence electrons. The molecule has 1 saturated carbocycles. The van der Waals surface area contributed by atoms with Crippen molar-refractivity contribution in [1.82, 2.24) is 5.43 Å². The first-order valence-corrected chi connectivity index (χ1v) is 9.13. The van der Waals surface area contributed by atoms with Crippen LogP contribution in [0.5, 0.6) is 0 Å². The molecule has 0 bridgehead atoms. The molecule has 1 aliphatic rings. The van der Waals surface area contributed by atoms with Crippen LogP contribution in [-0.2, 0) is 5.41 Å². The predicted octanol–water partition coefficient (Wildman–Crippen LogP) is 4.99. The van der Waals surface area contributed by atoms with Gasteiger partial charge in [-0.05, 0) is 50.2 Å². The molecule has 0 radical (unpaired) electrons. The fraction of sp³-hybridized carbons (Fsp3) is 0.600. The van der Waals surface area contributed by atoms with E-state index in [4.69, 9.17) is 4.99 Å². The van der Waals surface area contributed by atoms with E-state index in [0.717, 1.165) is 38.1 Å². The molecule has 3 nitrogen and oxygen atoms in total. The number of rotatable bonds is 8. The van der Waals surface area contributed by atoms with Gasteiger partial charge in [0.1, 0.15) is 5.84 Å². The second-order valence-corrected chi connectivity index (χ2v) is 6.55. The smallest absolute Gasteiger partial charge is 0.127 e. The van der Waals surface area contributed by atoms with Crippen LogP contribution in [0.3, 0.4) is 0 Å². The Bertz CT molecular complexity index is 542. The molecule has 23 heavy (non-hydrogen) atoms. The Labute approximate surface area is 141 Å². The van der Waals surface area contributed by atoms with Gasteiger partial charge in [0, 0.05) is 12.8 Å². The first kappa shape index (κ1) is 17.7. The van der Waals surface area contributed by atoms with Crippen molar-refractivity contribution in [3.8, 4) is 0 Å². The van der Waals surface area contributed by atoms with Crippen LogP contribution in [-0.4, -0.2) is 18.6 Å². The van der Waals surface area contributed by atoms with Crippen LogP contribution in [0.4, 0.5) is 0 Å². The molecule has 2 rings (SSSR count). The van der Waals surface area contributed by atoms with Gasteiger partial charge in [-0.2, -0.15) is 5.10 Å². The number of hydrazone groups is 1. The number of nitrogens with zero attached hydrogens (tertiary/aromatic N) is 2. The van der Waals surface area contributed by atoms with Crippen LogP contribution in [0.1, 0.15) is 69.9 Å². The second-order valence-electron chi connectivity index (χ2n) is 6.55. The van der Waals surface area contributed by atoms with Crippen LogP contribution >= 0.6 is 0 Å². The third kappa shape index (κ3) is 4.21. The van der Waals surface area contributed by atoms with Gasteiger partial charge in [-0.15, -0.1) is 0 Å². The van der Waals surface area contributed by atoms with E-state index in [1.807, 2.05) is 6.21 Å². The van der Waals surface area contributed by atoms with Gasteiger partial charge in [0.05, 0.1) is 5.41 Å². The van der Waals surface area contributed by atoms with Crippen molar-refractivity contribution >= 4 is 12.1 Å². The number of amidine groups is 1. The normalized spacial score (nSPS) is 17.3. The molecular weight excluding hydrogens is 282 g/mol. The van der Waals surface area contributed by atoms with E-state index in [0.29, 0.717) is 0 Å². The fourth-order valence-corrected chi connectivity index (χ4v) is 3.26. The highest BCUT2D eigenvalue weighted by Crippen LogP contribution is 2.45. The van der Waals surface area contributed by atoms with E-state index in [2.05, 4.69) is 55.6 Å². The highest BCUT2D eigenvalue weighted by Gasteiger charge is 2.44. The molecule has 0 aliphatic heterocycles. The summed E-state index contributed by atoms with van der Waals surface area (Å²) in [6, 6.07) is 8.73. The van der Waals surface area contributed by atoms with Crippen molar-refractivity contribution in [2.75, 3.05) is 6.54 Å². The predicted molar refractivity (Wildman–Crippen MR) is 100 cm³/mol. The summed E-state index contributed by atoms with van der Waals surface area (Å²) in [6.45, 7) is 7.45. The molecule has 0 atom stereocenters. The summed E-state index contributed by atoms with van der Waals surface area (Å²) in [5, 5.41) is 4.46. The first-order valence-electron chi connectivity index (χ1n) is 9.13. The van der Waals surface area contributed by atoms with Crippen molar-refractivity contribution in [3.05, 3.63) is 35.4 Å². The SMILES string of the molecule is CCCC/C=N/NC(=NCCC)C1(c2ccccc2C)CCC1. The van der Waals surface area contributed by atoms with Crippen LogP contribution in [0.15, 0.2) is 34.4 Å². The zero-order valence-electron chi connectivity index (χ0n) is 14.9. The minimum Gasteiger partial charge on any atom is -0.270 e. The van der Waals surface area contributed by atoms with Gasteiger partial charge in [0.2, 0.25) is 0 Å². The van der Waals surface area contributed by atoms with Gasteiger partial charge in [0.25, 0.3) is 0 Å². The molecule has 0 heterocycles. The number of nitrogens with one attached hydrogen (secondary N) is 1. The van der Waals surface area contributed by atoms with Crippen LogP contribution in [0.2, 0.25) is 0 Å². The lowest BCUT2D eigenvalue weighted by Crippen LogP contribution is -2.48. The van der Waals surface area contributed by atoms with Crippen molar-refractivity contribution in [2.45, 2.75) is 71.1 Å². The van der Waals surface area contributed by atoms with Crippen molar-refractivity contribution in [2.24, 2.45) is 10.1 Å². The van der Waals surface area contributed by atoms with Crippen molar-refractivity contribution in [3.63, 3.8) is 0 Å². The zero-order valence-corrected chi connectivity index (χ0v) is 14.9. The minimum absolute atomic E-state index is 0.0443. The summed E-state index contributed by atoms with van der Waals surface area (Å²) in [5.74, 6) is 1.06. The average Bonchev–Trinajstić information content (AvgIpc) is 2.52. The van der Waals surface area contributed by atoms with Gasteiger partial charge in [0.15, 0.2) is 0 Å². The number of aryl methyl sites for hydroxylation is 1. The molecular formula is C20H31N3. The van der Waals surface area contributed by atoms with Gasteiger partial charge in [-0.25, -0.2) is 0 Å². The molecule has 0 aromatic heterocycles. The number of unbranched alkanes of at least 4 members (excludes halogenated alkanes) is 2. The van der Waals surface area contributed by atoms with E-state index < -0.39 is 0 Å². The first-order chi connectivity index (χ1) is 11.2. The molecule has 0 saturated heterocycles. The van der Waals surface area contributed by atoms with Gasteiger partial charge in [-0.3, -0.25) is 10.4 Å². The molecule has 1 aromatic carbocycles. The molecule has 1 aliphatic carbocycles. The lowest BCUT2D eigenvalue weighted by Gasteiger charge is -2.43. The Hall–Kier alpha value is -1.64. The van der Waals surface area contributed by atoms with E-state index in [1.54, 1.807) is 0 Å². The minimum atomic E-state index is 0.0443. The lowest BCUT2D eigenvalue weighted by molar-refractivity contribution is 0.330. The molecule has 1 aromatic rings. The standard InChI is InChI=1S/C20H31N3/c1-4-6-9-16-22-23-19(21-15-5-2)20(13-10-14-20)18-12-8-7-11-17(18)3/h7-8,11-12,16H,4-6,9-10,13-15H2,1-3H3,(H,21,23)/b22-16+. The zero-order chi connectivity index (χ0) is 16.5. The summed E-state index contributed by atoms with van der Waals surface area (Å²) >= 11 is 0. The Kier molecular flexibility index (Phi) is 6.82. The van der Waals surface area contributed by atoms with Crippen molar-refractivity contribution in [1.29, 1.82) is 0 Å². The summed E-state index contributed by atoms with van der Waals surface area (Å²) in [5.41, 5.74) is 6.11. The number of hydrogen-bond acceptors (Lipinski definition) is 2. The third-order valence-corrected chi connectivity index (χ3v) is 4.76. The maximum atomic E-state index is 4.86. The number of hydrogen-bond donors (Lipinski definition) is 1. The molecule has 1 fully saturated rings. The number of benzene rings is 1. The number of aliphatic imine (C=N–C) groups is 1. The summed E-state index contributed by atoms with van der Waals surface area (Å²) in [6.07, 6.45) is 10.1. The highest BCUT2D eigenvalue weighted by molar-refractivity contribution is 5.94. The molecule has 0 unspecified atom stereocenters. The van der Waals surface area contributed by atoms with E-state index in [9.17, 15) is 0 Å². The van der Waals surface area contributed by atoms with Gasteiger partial charge < -0.3 is 0 Å². The van der Waals surface area contributed by atoms with Gasteiger partial charge >= 0.3 is 0 Å². The van der Waals surface area contributed by atoms with E-state index in [1.165, 1.54) is 30.4 Å². The van der Waals surface area contributed by atoms with Gasteiger partial charge in [-0.1, -0.05) is 51.0 Å².